The second-order valence-corrected chi connectivity index (χ2v) is 4.53. The van der Waals surface area contributed by atoms with Crippen LogP contribution in [0.4, 0.5) is 0 Å². The second kappa shape index (κ2) is 3.95. The zero-order chi connectivity index (χ0) is 10.9. The van der Waals surface area contributed by atoms with E-state index in [1.165, 1.54) is 11.1 Å². The molecule has 2 heteroatoms. The Morgan fingerprint density at radius 2 is 1.87 bits per heavy atom. The normalized spacial score (nSPS) is 20.2. The van der Waals surface area contributed by atoms with Gasteiger partial charge in [-0.05, 0) is 56.5 Å². The lowest BCUT2D eigenvalue weighted by Gasteiger charge is -2.34. The minimum atomic E-state index is -0.610. The zero-order valence-corrected chi connectivity index (χ0v) is 9.51. The molecule has 0 aromatic heterocycles. The first-order valence-corrected chi connectivity index (χ1v) is 5.63. The molecule has 1 saturated heterocycles. The van der Waals surface area contributed by atoms with E-state index in [1.54, 1.807) is 0 Å². The fraction of sp³-hybridized carbons (Fsp3) is 0.538. The molecule has 2 nitrogen and oxygen atoms in total. The molecule has 1 aliphatic heterocycles. The fourth-order valence-electron chi connectivity index (χ4n) is 2.36. The number of benzene rings is 1. The molecular formula is C13H19NO. The van der Waals surface area contributed by atoms with Gasteiger partial charge in [-0.3, -0.25) is 0 Å². The highest BCUT2D eigenvalue weighted by Crippen LogP contribution is 2.33. The van der Waals surface area contributed by atoms with Gasteiger partial charge in [-0.2, -0.15) is 0 Å². The largest absolute Gasteiger partial charge is 0.385 e. The number of rotatable bonds is 1. The van der Waals surface area contributed by atoms with Crippen molar-refractivity contribution in [1.82, 2.24) is 5.32 Å². The first-order chi connectivity index (χ1) is 7.13. The maximum Gasteiger partial charge on any atom is 0.0923 e. The van der Waals surface area contributed by atoms with Crippen LogP contribution in [-0.4, -0.2) is 18.2 Å². The van der Waals surface area contributed by atoms with Gasteiger partial charge in [0.15, 0.2) is 0 Å². The highest BCUT2D eigenvalue weighted by Gasteiger charge is 2.32. The Labute approximate surface area is 91.3 Å². The Morgan fingerprint density at radius 3 is 2.53 bits per heavy atom. The lowest BCUT2D eigenvalue weighted by atomic mass is 9.82. The van der Waals surface area contributed by atoms with E-state index in [0.29, 0.717) is 0 Å². The molecule has 15 heavy (non-hydrogen) atoms. The van der Waals surface area contributed by atoms with Crippen molar-refractivity contribution in [2.24, 2.45) is 0 Å². The van der Waals surface area contributed by atoms with Gasteiger partial charge in [-0.15, -0.1) is 0 Å². The Hall–Kier alpha value is -0.860. The first kappa shape index (κ1) is 10.7. The number of aryl methyl sites for hydroxylation is 1. The van der Waals surface area contributed by atoms with E-state index in [9.17, 15) is 5.11 Å². The Bertz CT molecular complexity index is 354. The van der Waals surface area contributed by atoms with E-state index in [-0.39, 0.29) is 0 Å². The molecule has 2 N–H and O–H groups in total. The third-order valence-electron chi connectivity index (χ3n) is 3.54. The summed E-state index contributed by atoms with van der Waals surface area (Å²) in [6, 6.07) is 6.20. The van der Waals surface area contributed by atoms with Gasteiger partial charge in [0.1, 0.15) is 0 Å². The van der Waals surface area contributed by atoms with E-state index in [4.69, 9.17) is 0 Å². The second-order valence-electron chi connectivity index (χ2n) is 4.53. The zero-order valence-electron chi connectivity index (χ0n) is 9.51. The average molecular weight is 205 g/mol. The van der Waals surface area contributed by atoms with E-state index in [1.807, 2.05) is 6.07 Å². The molecule has 1 heterocycles. The molecule has 0 unspecified atom stereocenters. The van der Waals surface area contributed by atoms with Crippen LogP contribution in [0, 0.1) is 13.8 Å². The molecule has 0 bridgehead atoms. The molecule has 0 saturated carbocycles. The van der Waals surface area contributed by atoms with Gasteiger partial charge in [-0.25, -0.2) is 0 Å². The summed E-state index contributed by atoms with van der Waals surface area (Å²) in [5, 5.41) is 13.9. The van der Waals surface area contributed by atoms with Crippen LogP contribution in [0.2, 0.25) is 0 Å². The maximum absolute atomic E-state index is 10.6. The standard InChI is InChI=1S/C13H19NO/c1-10-4-3-5-12(11(10)2)13(15)6-8-14-9-7-13/h3-5,14-15H,6-9H2,1-2H3. The molecule has 0 aliphatic carbocycles. The van der Waals surface area contributed by atoms with E-state index in [0.717, 1.165) is 31.5 Å². The van der Waals surface area contributed by atoms with Crippen LogP contribution >= 0.6 is 0 Å². The van der Waals surface area contributed by atoms with E-state index >= 15 is 0 Å². The summed E-state index contributed by atoms with van der Waals surface area (Å²) in [6.07, 6.45) is 1.63. The Balaban J connectivity index is 2.39. The van der Waals surface area contributed by atoms with Gasteiger partial charge < -0.3 is 10.4 Å². The number of nitrogens with one attached hydrogen (secondary N) is 1. The highest BCUT2D eigenvalue weighted by molar-refractivity contribution is 5.37. The summed E-state index contributed by atoms with van der Waals surface area (Å²) in [5.41, 5.74) is 3.01. The van der Waals surface area contributed by atoms with Gasteiger partial charge in [0.05, 0.1) is 5.60 Å². The number of hydrogen-bond donors (Lipinski definition) is 2. The molecule has 1 aromatic carbocycles. The van der Waals surface area contributed by atoms with E-state index in [2.05, 4.69) is 31.3 Å². The van der Waals surface area contributed by atoms with Crippen LogP contribution in [0.5, 0.6) is 0 Å². The van der Waals surface area contributed by atoms with Crippen LogP contribution in [0.3, 0.4) is 0 Å². The Kier molecular flexibility index (Phi) is 2.81. The molecule has 0 amide bonds. The van der Waals surface area contributed by atoms with Crippen molar-refractivity contribution in [3.8, 4) is 0 Å². The van der Waals surface area contributed by atoms with Gasteiger partial charge in [0, 0.05) is 0 Å². The summed E-state index contributed by atoms with van der Waals surface area (Å²) < 4.78 is 0. The SMILES string of the molecule is Cc1cccc(C2(O)CCNCC2)c1C. The molecule has 1 aliphatic rings. The van der Waals surface area contributed by atoms with Gasteiger partial charge in [-0.1, -0.05) is 18.2 Å². The molecule has 82 valence electrons. The van der Waals surface area contributed by atoms with Crippen molar-refractivity contribution in [1.29, 1.82) is 0 Å². The number of aliphatic hydroxyl groups is 1. The topological polar surface area (TPSA) is 32.3 Å². The van der Waals surface area contributed by atoms with Crippen LogP contribution < -0.4 is 5.32 Å². The minimum Gasteiger partial charge on any atom is -0.385 e. The third-order valence-corrected chi connectivity index (χ3v) is 3.54. The predicted molar refractivity (Wildman–Crippen MR) is 61.9 cm³/mol. The lowest BCUT2D eigenvalue weighted by molar-refractivity contribution is 0.00533. The average Bonchev–Trinajstić information content (AvgIpc) is 2.23. The lowest BCUT2D eigenvalue weighted by Crippen LogP contribution is -2.40. The van der Waals surface area contributed by atoms with Gasteiger partial charge >= 0.3 is 0 Å². The fourth-order valence-corrected chi connectivity index (χ4v) is 2.36. The van der Waals surface area contributed by atoms with Crippen LogP contribution in [0.25, 0.3) is 0 Å². The predicted octanol–water partition coefficient (Wildman–Crippen LogP) is 1.87. The minimum absolute atomic E-state index is 0.610. The maximum atomic E-state index is 10.6. The third kappa shape index (κ3) is 1.92. The summed E-state index contributed by atoms with van der Waals surface area (Å²) >= 11 is 0. The van der Waals surface area contributed by atoms with Crippen LogP contribution in [-0.2, 0) is 5.60 Å². The molecule has 1 aromatic rings. The van der Waals surface area contributed by atoms with Gasteiger partial charge in [0.25, 0.3) is 0 Å². The quantitative estimate of drug-likeness (QED) is 0.733. The van der Waals surface area contributed by atoms with E-state index < -0.39 is 5.60 Å². The van der Waals surface area contributed by atoms with Crippen LogP contribution in [0.1, 0.15) is 29.5 Å². The summed E-state index contributed by atoms with van der Waals surface area (Å²) in [6.45, 7) is 6.02. The molecule has 2 rings (SSSR count). The van der Waals surface area contributed by atoms with Gasteiger partial charge in [0.2, 0.25) is 0 Å². The van der Waals surface area contributed by atoms with Crippen molar-refractivity contribution in [3.05, 3.63) is 34.9 Å². The summed E-state index contributed by atoms with van der Waals surface area (Å²) in [7, 11) is 0. The van der Waals surface area contributed by atoms with Crippen molar-refractivity contribution >= 4 is 0 Å². The number of hydrogen-bond acceptors (Lipinski definition) is 2. The van der Waals surface area contributed by atoms with Crippen molar-refractivity contribution in [2.75, 3.05) is 13.1 Å². The highest BCUT2D eigenvalue weighted by atomic mass is 16.3. The molecular weight excluding hydrogens is 186 g/mol. The summed E-state index contributed by atoms with van der Waals surface area (Å²) in [4.78, 5) is 0. The monoisotopic (exact) mass is 205 g/mol. The number of piperidine rings is 1. The van der Waals surface area contributed by atoms with Crippen molar-refractivity contribution < 1.29 is 5.11 Å². The summed E-state index contributed by atoms with van der Waals surface area (Å²) in [5.74, 6) is 0. The van der Waals surface area contributed by atoms with Crippen molar-refractivity contribution in [3.63, 3.8) is 0 Å². The smallest absolute Gasteiger partial charge is 0.0923 e. The molecule has 1 fully saturated rings. The molecule has 0 spiro atoms. The Morgan fingerprint density at radius 1 is 1.20 bits per heavy atom. The molecule has 0 atom stereocenters. The van der Waals surface area contributed by atoms with Crippen LogP contribution in [0.15, 0.2) is 18.2 Å². The first-order valence-electron chi connectivity index (χ1n) is 5.63. The van der Waals surface area contributed by atoms with Crippen molar-refractivity contribution in [2.45, 2.75) is 32.3 Å². The molecule has 0 radical (unpaired) electrons.